The first-order valence-corrected chi connectivity index (χ1v) is 9.66. The molecule has 2 amide bonds. The number of hydrogen-bond acceptors (Lipinski definition) is 5. The highest BCUT2D eigenvalue weighted by Crippen LogP contribution is 2.28. The summed E-state index contributed by atoms with van der Waals surface area (Å²) >= 11 is 0. The van der Waals surface area contributed by atoms with Crippen molar-refractivity contribution in [3.8, 4) is 11.5 Å². The second-order valence-corrected chi connectivity index (χ2v) is 6.66. The molecular weight excluding hydrogens is 370 g/mol. The van der Waals surface area contributed by atoms with Gasteiger partial charge in [0.05, 0.1) is 19.8 Å². The first kappa shape index (κ1) is 22.1. The lowest BCUT2D eigenvalue weighted by atomic mass is 10.1. The molecule has 156 valence electrons. The molecule has 7 nitrogen and oxygen atoms in total. The molecular formula is C22H29N3O4. The molecule has 3 N–H and O–H groups in total. The van der Waals surface area contributed by atoms with Crippen LogP contribution in [0.4, 0.5) is 5.69 Å². The fraction of sp³-hybridized carbons (Fsp3) is 0.364. The van der Waals surface area contributed by atoms with E-state index in [1.165, 1.54) is 5.56 Å². The van der Waals surface area contributed by atoms with E-state index < -0.39 is 5.91 Å². The number of anilines is 1. The lowest BCUT2D eigenvalue weighted by Gasteiger charge is -2.15. The van der Waals surface area contributed by atoms with Crippen molar-refractivity contribution in [3.05, 3.63) is 52.6 Å². The smallest absolute Gasteiger partial charge is 0.269 e. The number of hydrogen-bond donors (Lipinski definition) is 3. The zero-order chi connectivity index (χ0) is 21.4. The molecule has 0 fully saturated rings. The van der Waals surface area contributed by atoms with E-state index in [9.17, 15) is 9.59 Å². The number of aryl methyl sites for hydroxylation is 3. The van der Waals surface area contributed by atoms with Crippen molar-refractivity contribution in [3.63, 3.8) is 0 Å². The third-order valence-electron chi connectivity index (χ3n) is 4.22. The van der Waals surface area contributed by atoms with Crippen LogP contribution in [-0.4, -0.2) is 31.6 Å². The van der Waals surface area contributed by atoms with Crippen molar-refractivity contribution >= 4 is 17.5 Å². The summed E-state index contributed by atoms with van der Waals surface area (Å²) in [6.07, 6.45) is 0. The third kappa shape index (κ3) is 6.14. The van der Waals surface area contributed by atoms with Crippen molar-refractivity contribution in [1.29, 1.82) is 0 Å². The van der Waals surface area contributed by atoms with Crippen LogP contribution in [0.15, 0.2) is 30.3 Å². The first-order valence-electron chi connectivity index (χ1n) is 9.66. The zero-order valence-electron chi connectivity index (χ0n) is 17.6. The number of carbonyl (C=O) groups is 2. The monoisotopic (exact) mass is 399 g/mol. The van der Waals surface area contributed by atoms with Crippen LogP contribution in [0.1, 0.15) is 40.9 Å². The van der Waals surface area contributed by atoms with E-state index in [1.807, 2.05) is 34.6 Å². The molecule has 0 aromatic heterocycles. The first-order chi connectivity index (χ1) is 13.8. The van der Waals surface area contributed by atoms with Gasteiger partial charge in [-0.2, -0.15) is 0 Å². The Morgan fingerprint density at radius 1 is 0.862 bits per heavy atom. The van der Waals surface area contributed by atoms with Gasteiger partial charge in [0.2, 0.25) is 0 Å². The molecule has 0 heterocycles. The normalized spacial score (nSPS) is 10.2. The van der Waals surface area contributed by atoms with E-state index in [0.29, 0.717) is 30.3 Å². The van der Waals surface area contributed by atoms with Gasteiger partial charge >= 0.3 is 0 Å². The summed E-state index contributed by atoms with van der Waals surface area (Å²) in [7, 11) is 0. The molecule has 2 rings (SSSR count). The van der Waals surface area contributed by atoms with Crippen LogP contribution in [0, 0.1) is 20.8 Å². The van der Waals surface area contributed by atoms with E-state index in [0.717, 1.165) is 16.8 Å². The molecule has 0 saturated carbocycles. The van der Waals surface area contributed by atoms with Gasteiger partial charge in [0.25, 0.3) is 11.8 Å². The molecule has 0 unspecified atom stereocenters. The maximum absolute atomic E-state index is 12.4. The van der Waals surface area contributed by atoms with Gasteiger partial charge < -0.3 is 14.8 Å². The predicted molar refractivity (Wildman–Crippen MR) is 114 cm³/mol. The largest absolute Gasteiger partial charge is 0.490 e. The highest BCUT2D eigenvalue weighted by Gasteiger charge is 2.13. The molecule has 0 aliphatic rings. The Kier molecular flexibility index (Phi) is 7.88. The Balaban J connectivity index is 1.93. The summed E-state index contributed by atoms with van der Waals surface area (Å²) < 4.78 is 11.0. The molecule has 0 saturated heterocycles. The second kappa shape index (κ2) is 10.4. The van der Waals surface area contributed by atoms with E-state index in [1.54, 1.807) is 18.2 Å². The van der Waals surface area contributed by atoms with Crippen LogP contribution in [0.3, 0.4) is 0 Å². The maximum Gasteiger partial charge on any atom is 0.269 e. The van der Waals surface area contributed by atoms with Crippen LogP contribution in [0.2, 0.25) is 0 Å². The van der Waals surface area contributed by atoms with Crippen LogP contribution < -0.4 is 25.6 Å². The zero-order valence-corrected chi connectivity index (χ0v) is 17.6. The Morgan fingerprint density at radius 2 is 1.48 bits per heavy atom. The molecule has 0 radical (unpaired) electrons. The third-order valence-corrected chi connectivity index (χ3v) is 4.22. The van der Waals surface area contributed by atoms with Gasteiger partial charge in [0.15, 0.2) is 11.5 Å². The van der Waals surface area contributed by atoms with Crippen molar-refractivity contribution in [1.82, 2.24) is 10.9 Å². The van der Waals surface area contributed by atoms with Gasteiger partial charge in [0, 0.05) is 11.3 Å². The number of benzene rings is 2. The topological polar surface area (TPSA) is 88.7 Å². The summed E-state index contributed by atoms with van der Waals surface area (Å²) in [6.45, 7) is 10.7. The summed E-state index contributed by atoms with van der Waals surface area (Å²) in [4.78, 5) is 24.5. The molecule has 29 heavy (non-hydrogen) atoms. The molecule has 2 aromatic rings. The van der Waals surface area contributed by atoms with Crippen molar-refractivity contribution in [2.24, 2.45) is 0 Å². The fourth-order valence-electron chi connectivity index (χ4n) is 3.06. The maximum atomic E-state index is 12.4. The van der Waals surface area contributed by atoms with E-state index in [2.05, 4.69) is 28.3 Å². The van der Waals surface area contributed by atoms with E-state index in [4.69, 9.17) is 9.47 Å². The minimum atomic E-state index is -0.440. The van der Waals surface area contributed by atoms with Gasteiger partial charge in [-0.15, -0.1) is 0 Å². The van der Waals surface area contributed by atoms with Crippen LogP contribution in [0.5, 0.6) is 11.5 Å². The molecule has 0 atom stereocenters. The average molecular weight is 399 g/mol. The van der Waals surface area contributed by atoms with E-state index in [-0.39, 0.29) is 12.5 Å². The molecule has 7 heteroatoms. The summed E-state index contributed by atoms with van der Waals surface area (Å²) in [5, 5.41) is 3.12. The van der Waals surface area contributed by atoms with Gasteiger partial charge in [-0.1, -0.05) is 17.7 Å². The standard InChI is InChI=1S/C22H29N3O4/c1-6-28-18-9-8-17(12-19(18)29-7-2)22(27)25-24-20(26)13-23-21-15(4)10-14(3)11-16(21)5/h8-12,23H,6-7,13H2,1-5H3,(H,24,26)(H,25,27). The Hall–Kier alpha value is -3.22. The Bertz CT molecular complexity index is 857. The van der Waals surface area contributed by atoms with Crippen molar-refractivity contribution < 1.29 is 19.1 Å². The number of hydrazine groups is 1. The van der Waals surface area contributed by atoms with E-state index >= 15 is 0 Å². The van der Waals surface area contributed by atoms with Crippen molar-refractivity contribution in [2.75, 3.05) is 25.1 Å². The second-order valence-electron chi connectivity index (χ2n) is 6.66. The molecule has 0 aliphatic carbocycles. The lowest BCUT2D eigenvalue weighted by Crippen LogP contribution is -2.44. The number of ether oxygens (including phenoxy) is 2. The van der Waals surface area contributed by atoms with Crippen LogP contribution >= 0.6 is 0 Å². The van der Waals surface area contributed by atoms with Crippen LogP contribution in [-0.2, 0) is 4.79 Å². The Labute approximate surface area is 171 Å². The van der Waals surface area contributed by atoms with Crippen LogP contribution in [0.25, 0.3) is 0 Å². The minimum absolute atomic E-state index is 0.0402. The highest BCUT2D eigenvalue weighted by atomic mass is 16.5. The number of rotatable bonds is 8. The van der Waals surface area contributed by atoms with Gasteiger partial charge in [-0.25, -0.2) is 0 Å². The number of nitrogens with one attached hydrogen (secondary N) is 3. The van der Waals surface area contributed by atoms with Gasteiger partial charge in [0.1, 0.15) is 0 Å². The summed E-state index contributed by atoms with van der Waals surface area (Å²) in [5.74, 6) is 0.266. The predicted octanol–water partition coefficient (Wildman–Crippen LogP) is 3.28. The highest BCUT2D eigenvalue weighted by molar-refractivity contribution is 5.96. The quantitative estimate of drug-likeness (QED) is 0.593. The lowest BCUT2D eigenvalue weighted by molar-refractivity contribution is -0.120. The van der Waals surface area contributed by atoms with Crippen molar-refractivity contribution in [2.45, 2.75) is 34.6 Å². The average Bonchev–Trinajstić information content (AvgIpc) is 2.67. The molecule has 0 spiro atoms. The molecule has 0 aliphatic heterocycles. The fourth-order valence-corrected chi connectivity index (χ4v) is 3.06. The SMILES string of the molecule is CCOc1ccc(C(=O)NNC(=O)CNc2c(C)cc(C)cc2C)cc1OCC. The molecule has 2 aromatic carbocycles. The number of amides is 2. The van der Waals surface area contributed by atoms with Gasteiger partial charge in [-0.3, -0.25) is 20.4 Å². The van der Waals surface area contributed by atoms with Gasteiger partial charge in [-0.05, 0) is 63.9 Å². The molecule has 0 bridgehead atoms. The number of carbonyl (C=O) groups excluding carboxylic acids is 2. The summed E-state index contributed by atoms with van der Waals surface area (Å²) in [6, 6.07) is 8.99. The Morgan fingerprint density at radius 3 is 2.10 bits per heavy atom. The minimum Gasteiger partial charge on any atom is -0.490 e. The summed E-state index contributed by atoms with van der Waals surface area (Å²) in [5.41, 5.74) is 9.42.